The van der Waals surface area contributed by atoms with E-state index in [4.69, 9.17) is 5.11 Å². The number of rotatable bonds is 5. The van der Waals surface area contributed by atoms with E-state index in [1.807, 2.05) is 6.92 Å². The molecule has 0 aliphatic heterocycles. The van der Waals surface area contributed by atoms with E-state index in [1.54, 1.807) is 0 Å². The Labute approximate surface area is 102 Å². The molecule has 2 aliphatic rings. The average Bonchev–Trinajstić information content (AvgIpc) is 2.74. The van der Waals surface area contributed by atoms with Crippen molar-refractivity contribution in [1.82, 2.24) is 5.32 Å². The predicted molar refractivity (Wildman–Crippen MR) is 63.5 cm³/mol. The van der Waals surface area contributed by atoms with Gasteiger partial charge in [0.1, 0.15) is 0 Å². The summed E-state index contributed by atoms with van der Waals surface area (Å²) in [6.45, 7) is 1.88. The summed E-state index contributed by atoms with van der Waals surface area (Å²) in [5.41, 5.74) is 0.330. The van der Waals surface area contributed by atoms with E-state index in [1.165, 1.54) is 25.7 Å². The topological polar surface area (TPSA) is 66.4 Å². The Morgan fingerprint density at radius 2 is 2.06 bits per heavy atom. The van der Waals surface area contributed by atoms with Crippen LogP contribution in [0.3, 0.4) is 0 Å². The first-order valence-electron chi connectivity index (χ1n) is 6.56. The quantitative estimate of drug-likeness (QED) is 0.770. The number of carbonyl (C=O) groups is 2. The highest BCUT2D eigenvalue weighted by atomic mass is 16.4. The third kappa shape index (κ3) is 2.79. The van der Waals surface area contributed by atoms with Gasteiger partial charge in [-0.1, -0.05) is 12.8 Å². The zero-order valence-electron chi connectivity index (χ0n) is 10.4. The van der Waals surface area contributed by atoms with E-state index in [9.17, 15) is 9.59 Å². The van der Waals surface area contributed by atoms with E-state index in [-0.39, 0.29) is 24.3 Å². The molecule has 0 bridgehead atoms. The minimum Gasteiger partial charge on any atom is -0.481 e. The first-order chi connectivity index (χ1) is 8.03. The van der Waals surface area contributed by atoms with Crippen LogP contribution in [0.15, 0.2) is 0 Å². The third-order valence-electron chi connectivity index (χ3n) is 4.29. The molecule has 2 rings (SSSR count). The van der Waals surface area contributed by atoms with Crippen LogP contribution in [0.1, 0.15) is 51.9 Å². The molecule has 0 radical (unpaired) electrons. The lowest BCUT2D eigenvalue weighted by molar-refractivity contribution is -0.137. The van der Waals surface area contributed by atoms with Crippen molar-refractivity contribution >= 4 is 11.9 Å². The van der Waals surface area contributed by atoms with Crippen molar-refractivity contribution in [2.24, 2.45) is 11.3 Å². The minimum atomic E-state index is -0.801. The molecule has 2 N–H and O–H groups in total. The summed E-state index contributed by atoms with van der Waals surface area (Å²) in [6, 6.07) is -0.0300. The van der Waals surface area contributed by atoms with Gasteiger partial charge in [0.25, 0.3) is 0 Å². The summed E-state index contributed by atoms with van der Waals surface area (Å²) in [5, 5.41) is 11.5. The number of hydrogen-bond donors (Lipinski definition) is 2. The monoisotopic (exact) mass is 239 g/mol. The number of amides is 1. The molecule has 2 unspecified atom stereocenters. The maximum absolute atomic E-state index is 12.0. The van der Waals surface area contributed by atoms with Crippen LogP contribution in [0.4, 0.5) is 0 Å². The van der Waals surface area contributed by atoms with Crippen LogP contribution in [0.25, 0.3) is 0 Å². The van der Waals surface area contributed by atoms with Gasteiger partial charge in [-0.05, 0) is 38.0 Å². The van der Waals surface area contributed by atoms with Crippen molar-refractivity contribution in [3.05, 3.63) is 0 Å². The van der Waals surface area contributed by atoms with Crippen LogP contribution in [0, 0.1) is 11.3 Å². The zero-order chi connectivity index (χ0) is 12.5. The van der Waals surface area contributed by atoms with E-state index in [0.717, 1.165) is 6.42 Å². The molecule has 96 valence electrons. The molecule has 0 heterocycles. The Bertz CT molecular complexity index is 321. The lowest BCUT2D eigenvalue weighted by atomic mass is 10.0. The van der Waals surface area contributed by atoms with Gasteiger partial charge in [0, 0.05) is 18.4 Å². The standard InChI is InChI=1S/C13H21NO3/c1-9(4-5-11(15)16)14-12(17)10-8-13(10)6-2-3-7-13/h9-10H,2-8H2,1H3,(H,14,17)(H,15,16). The molecule has 2 aliphatic carbocycles. The molecule has 4 heteroatoms. The highest BCUT2D eigenvalue weighted by Gasteiger charge is 2.58. The van der Waals surface area contributed by atoms with Gasteiger partial charge in [0.15, 0.2) is 0 Å². The molecular formula is C13H21NO3. The largest absolute Gasteiger partial charge is 0.481 e. The van der Waals surface area contributed by atoms with Crippen LogP contribution < -0.4 is 5.32 Å². The lowest BCUT2D eigenvalue weighted by Crippen LogP contribution is -2.35. The van der Waals surface area contributed by atoms with Gasteiger partial charge < -0.3 is 10.4 Å². The zero-order valence-corrected chi connectivity index (χ0v) is 10.4. The second-order valence-electron chi connectivity index (χ2n) is 5.67. The molecule has 17 heavy (non-hydrogen) atoms. The molecule has 0 saturated heterocycles. The molecule has 0 aromatic carbocycles. The van der Waals surface area contributed by atoms with Gasteiger partial charge in [0.05, 0.1) is 0 Å². The second kappa shape index (κ2) is 4.67. The summed E-state index contributed by atoms with van der Waals surface area (Å²) in [7, 11) is 0. The fraction of sp³-hybridized carbons (Fsp3) is 0.846. The van der Waals surface area contributed by atoms with Gasteiger partial charge in [-0.25, -0.2) is 0 Å². The highest BCUT2D eigenvalue weighted by Crippen LogP contribution is 2.62. The fourth-order valence-corrected chi connectivity index (χ4v) is 3.11. The summed E-state index contributed by atoms with van der Waals surface area (Å²) in [6.07, 6.45) is 6.61. The van der Waals surface area contributed by atoms with Crippen LogP contribution in [-0.4, -0.2) is 23.0 Å². The molecule has 1 spiro atoms. The predicted octanol–water partition coefficient (Wildman–Crippen LogP) is 1.94. The van der Waals surface area contributed by atoms with Crippen molar-refractivity contribution in [3.8, 4) is 0 Å². The molecule has 0 aromatic heterocycles. The number of aliphatic carboxylic acids is 1. The van der Waals surface area contributed by atoms with E-state index >= 15 is 0 Å². The SMILES string of the molecule is CC(CCC(=O)O)NC(=O)C1CC12CCCC2. The van der Waals surface area contributed by atoms with Gasteiger partial charge in [-0.15, -0.1) is 0 Å². The van der Waals surface area contributed by atoms with Gasteiger partial charge in [0.2, 0.25) is 5.91 Å². The lowest BCUT2D eigenvalue weighted by Gasteiger charge is -2.14. The van der Waals surface area contributed by atoms with Crippen molar-refractivity contribution in [2.75, 3.05) is 0 Å². The maximum atomic E-state index is 12.0. The Balaban J connectivity index is 1.73. The van der Waals surface area contributed by atoms with E-state index in [2.05, 4.69) is 5.32 Å². The Hall–Kier alpha value is -1.06. The number of nitrogens with one attached hydrogen (secondary N) is 1. The average molecular weight is 239 g/mol. The van der Waals surface area contributed by atoms with Gasteiger partial charge in [-0.2, -0.15) is 0 Å². The van der Waals surface area contributed by atoms with Crippen LogP contribution in [0.5, 0.6) is 0 Å². The summed E-state index contributed by atoms with van der Waals surface area (Å²) in [4.78, 5) is 22.4. The van der Waals surface area contributed by atoms with Crippen LogP contribution in [0.2, 0.25) is 0 Å². The number of carbonyl (C=O) groups excluding carboxylic acids is 1. The molecule has 0 aromatic rings. The highest BCUT2D eigenvalue weighted by molar-refractivity contribution is 5.83. The summed E-state index contributed by atoms with van der Waals surface area (Å²) < 4.78 is 0. The summed E-state index contributed by atoms with van der Waals surface area (Å²) >= 11 is 0. The minimum absolute atomic E-state index is 0.0300. The second-order valence-corrected chi connectivity index (χ2v) is 5.67. The first kappa shape index (κ1) is 12.4. The van der Waals surface area contributed by atoms with E-state index in [0.29, 0.717) is 11.8 Å². The van der Waals surface area contributed by atoms with Gasteiger partial charge in [-0.3, -0.25) is 9.59 Å². The summed E-state index contributed by atoms with van der Waals surface area (Å²) in [5.74, 6) is -0.452. The third-order valence-corrected chi connectivity index (χ3v) is 4.29. The molecular weight excluding hydrogens is 218 g/mol. The number of carboxylic acid groups (broad SMARTS) is 1. The van der Waals surface area contributed by atoms with Crippen LogP contribution in [-0.2, 0) is 9.59 Å². The van der Waals surface area contributed by atoms with Gasteiger partial charge >= 0.3 is 5.97 Å². The molecule has 1 amide bonds. The molecule has 4 nitrogen and oxygen atoms in total. The number of carboxylic acids is 1. The Morgan fingerprint density at radius 1 is 1.41 bits per heavy atom. The van der Waals surface area contributed by atoms with Crippen LogP contribution >= 0.6 is 0 Å². The van der Waals surface area contributed by atoms with E-state index < -0.39 is 5.97 Å². The Morgan fingerprint density at radius 3 is 2.65 bits per heavy atom. The fourth-order valence-electron chi connectivity index (χ4n) is 3.11. The number of hydrogen-bond acceptors (Lipinski definition) is 2. The molecule has 2 saturated carbocycles. The van der Waals surface area contributed by atoms with Crippen molar-refractivity contribution < 1.29 is 14.7 Å². The van der Waals surface area contributed by atoms with Crippen molar-refractivity contribution in [3.63, 3.8) is 0 Å². The Kier molecular flexibility index (Phi) is 3.40. The molecule has 2 atom stereocenters. The normalized spacial score (nSPS) is 26.8. The van der Waals surface area contributed by atoms with Crippen molar-refractivity contribution in [2.45, 2.75) is 57.9 Å². The molecule has 2 fully saturated rings. The first-order valence-corrected chi connectivity index (χ1v) is 6.56. The maximum Gasteiger partial charge on any atom is 0.303 e. The smallest absolute Gasteiger partial charge is 0.303 e. The van der Waals surface area contributed by atoms with Crippen molar-refractivity contribution in [1.29, 1.82) is 0 Å².